The molecule has 1 aromatic carbocycles. The quantitative estimate of drug-likeness (QED) is 0.779. The largest absolute Gasteiger partial charge is 0.395 e. The van der Waals surface area contributed by atoms with Crippen molar-refractivity contribution in [1.82, 2.24) is 4.31 Å². The highest BCUT2D eigenvalue weighted by Crippen LogP contribution is 2.20. The molecule has 0 aliphatic rings. The van der Waals surface area contributed by atoms with Crippen LogP contribution in [0.4, 0.5) is 4.39 Å². The van der Waals surface area contributed by atoms with Gasteiger partial charge in [0.15, 0.2) is 0 Å². The average Bonchev–Trinajstić information content (AvgIpc) is 2.45. The first kappa shape index (κ1) is 17.6. The van der Waals surface area contributed by atoms with Crippen molar-refractivity contribution in [3.63, 3.8) is 0 Å². The van der Waals surface area contributed by atoms with E-state index in [1.54, 1.807) is 0 Å². The summed E-state index contributed by atoms with van der Waals surface area (Å²) in [5.41, 5.74) is 0.331. The standard InChI is InChI=1S/C14H18FNO4S/c1-11(10-18)16(2)21(19,20)14-7-6-12(9-13(14)15)5-3-4-8-17/h6-7,9,11,17-18H,4,8,10H2,1-2H3. The third-order valence-corrected chi connectivity index (χ3v) is 4.95. The van der Waals surface area contributed by atoms with E-state index in [9.17, 15) is 12.8 Å². The lowest BCUT2D eigenvalue weighted by atomic mass is 10.2. The van der Waals surface area contributed by atoms with Gasteiger partial charge in [0.05, 0.1) is 13.2 Å². The van der Waals surface area contributed by atoms with E-state index in [1.165, 1.54) is 20.0 Å². The maximum atomic E-state index is 14.0. The fraction of sp³-hybridized carbons (Fsp3) is 0.429. The van der Waals surface area contributed by atoms with E-state index in [4.69, 9.17) is 10.2 Å². The van der Waals surface area contributed by atoms with Gasteiger partial charge < -0.3 is 10.2 Å². The molecule has 0 aromatic heterocycles. The Balaban J connectivity index is 3.13. The molecule has 0 spiro atoms. The predicted molar refractivity (Wildman–Crippen MR) is 76.5 cm³/mol. The van der Waals surface area contributed by atoms with Crippen molar-refractivity contribution < 1.29 is 23.0 Å². The minimum absolute atomic E-state index is 0.0915. The molecule has 116 valence electrons. The molecule has 1 unspecified atom stereocenters. The summed E-state index contributed by atoms with van der Waals surface area (Å²) in [6.07, 6.45) is 0.262. The summed E-state index contributed by atoms with van der Waals surface area (Å²) >= 11 is 0. The first-order valence-corrected chi connectivity index (χ1v) is 7.76. The molecular weight excluding hydrogens is 297 g/mol. The summed E-state index contributed by atoms with van der Waals surface area (Å²) in [6.45, 7) is 1.07. The summed E-state index contributed by atoms with van der Waals surface area (Å²) in [7, 11) is -2.73. The molecule has 5 nitrogen and oxygen atoms in total. The molecule has 1 rings (SSSR count). The highest BCUT2D eigenvalue weighted by molar-refractivity contribution is 7.89. The topological polar surface area (TPSA) is 77.8 Å². The van der Waals surface area contributed by atoms with Gasteiger partial charge in [0.1, 0.15) is 10.7 Å². The molecule has 0 radical (unpaired) electrons. The number of sulfonamides is 1. The van der Waals surface area contributed by atoms with Gasteiger partial charge in [-0.1, -0.05) is 11.8 Å². The third kappa shape index (κ3) is 4.25. The van der Waals surface area contributed by atoms with Gasteiger partial charge in [-0.3, -0.25) is 0 Å². The van der Waals surface area contributed by atoms with Gasteiger partial charge in [0, 0.05) is 25.1 Å². The lowest BCUT2D eigenvalue weighted by Gasteiger charge is -2.22. The molecule has 21 heavy (non-hydrogen) atoms. The van der Waals surface area contributed by atoms with E-state index in [0.29, 0.717) is 5.56 Å². The molecule has 7 heteroatoms. The van der Waals surface area contributed by atoms with Crippen LogP contribution in [0.3, 0.4) is 0 Å². The normalized spacial score (nSPS) is 12.9. The van der Waals surface area contributed by atoms with Gasteiger partial charge in [-0.2, -0.15) is 4.31 Å². The zero-order chi connectivity index (χ0) is 16.0. The predicted octanol–water partition coefficient (Wildman–Crippen LogP) is 0.561. The first-order chi connectivity index (χ1) is 9.84. The van der Waals surface area contributed by atoms with Crippen LogP contribution in [-0.4, -0.2) is 49.2 Å². The van der Waals surface area contributed by atoms with Gasteiger partial charge in [0.2, 0.25) is 10.0 Å². The van der Waals surface area contributed by atoms with E-state index >= 15 is 0 Å². The summed E-state index contributed by atoms with van der Waals surface area (Å²) in [6, 6.07) is 2.93. The second-order valence-electron chi connectivity index (χ2n) is 4.47. The molecule has 0 aliphatic carbocycles. The van der Waals surface area contributed by atoms with Gasteiger partial charge in [-0.25, -0.2) is 12.8 Å². The zero-order valence-electron chi connectivity index (χ0n) is 11.9. The Hall–Kier alpha value is -1.46. The second kappa shape index (κ2) is 7.52. The van der Waals surface area contributed by atoms with Crippen LogP contribution in [0.25, 0.3) is 0 Å². The molecule has 0 saturated heterocycles. The fourth-order valence-corrected chi connectivity index (χ4v) is 2.91. The Kier molecular flexibility index (Phi) is 6.30. The number of nitrogens with zero attached hydrogens (tertiary/aromatic N) is 1. The van der Waals surface area contributed by atoms with Gasteiger partial charge >= 0.3 is 0 Å². The number of likely N-dealkylation sites (N-methyl/N-ethyl adjacent to an activating group) is 1. The lowest BCUT2D eigenvalue weighted by molar-refractivity contribution is 0.213. The molecule has 2 N–H and O–H groups in total. The molecule has 1 aromatic rings. The van der Waals surface area contributed by atoms with E-state index in [0.717, 1.165) is 16.4 Å². The number of aliphatic hydroxyl groups is 2. The third-order valence-electron chi connectivity index (χ3n) is 2.94. The first-order valence-electron chi connectivity index (χ1n) is 6.32. The number of aliphatic hydroxyl groups excluding tert-OH is 2. The smallest absolute Gasteiger partial charge is 0.246 e. The van der Waals surface area contributed by atoms with Crippen LogP contribution in [-0.2, 0) is 10.0 Å². The Morgan fingerprint density at radius 3 is 2.57 bits per heavy atom. The van der Waals surface area contributed by atoms with E-state index in [2.05, 4.69) is 11.8 Å². The van der Waals surface area contributed by atoms with Crippen molar-refractivity contribution >= 4 is 10.0 Å². The summed E-state index contributed by atoms with van der Waals surface area (Å²) in [5, 5.41) is 17.6. The molecule has 0 amide bonds. The van der Waals surface area contributed by atoms with Crippen LogP contribution in [0, 0.1) is 17.7 Å². The number of hydrogen-bond acceptors (Lipinski definition) is 4. The Morgan fingerprint density at radius 2 is 2.05 bits per heavy atom. The molecule has 0 aliphatic heterocycles. The molecule has 1 atom stereocenters. The Morgan fingerprint density at radius 1 is 1.38 bits per heavy atom. The number of rotatable bonds is 5. The summed E-state index contributed by atoms with van der Waals surface area (Å²) in [4.78, 5) is -0.460. The summed E-state index contributed by atoms with van der Waals surface area (Å²) in [5.74, 6) is 4.36. The van der Waals surface area contributed by atoms with Crippen LogP contribution in [0.5, 0.6) is 0 Å². The van der Waals surface area contributed by atoms with Crippen molar-refractivity contribution in [3.05, 3.63) is 29.6 Å². The van der Waals surface area contributed by atoms with Crippen molar-refractivity contribution in [2.24, 2.45) is 0 Å². The molecule has 0 saturated carbocycles. The maximum absolute atomic E-state index is 14.0. The van der Waals surface area contributed by atoms with E-state index in [-0.39, 0.29) is 19.6 Å². The molecule has 0 bridgehead atoms. The average molecular weight is 315 g/mol. The van der Waals surface area contributed by atoms with Crippen molar-refractivity contribution in [2.75, 3.05) is 20.3 Å². The number of hydrogen-bond donors (Lipinski definition) is 2. The Bertz CT molecular complexity index is 649. The van der Waals surface area contributed by atoms with Gasteiger partial charge in [-0.05, 0) is 25.1 Å². The minimum Gasteiger partial charge on any atom is -0.395 e. The van der Waals surface area contributed by atoms with Crippen LogP contribution in [0.1, 0.15) is 18.9 Å². The molecule has 0 fully saturated rings. The second-order valence-corrected chi connectivity index (χ2v) is 6.44. The lowest BCUT2D eigenvalue weighted by Crippen LogP contribution is -2.37. The highest BCUT2D eigenvalue weighted by atomic mass is 32.2. The Labute approximate surface area is 124 Å². The number of halogens is 1. The van der Waals surface area contributed by atoms with E-state index < -0.39 is 26.8 Å². The SMILES string of the molecule is CC(CO)N(C)S(=O)(=O)c1ccc(C#CCCO)cc1F. The monoisotopic (exact) mass is 315 g/mol. The van der Waals surface area contributed by atoms with Crippen LogP contribution >= 0.6 is 0 Å². The fourth-order valence-electron chi connectivity index (χ4n) is 1.52. The van der Waals surface area contributed by atoms with E-state index in [1.807, 2.05) is 0 Å². The van der Waals surface area contributed by atoms with Crippen LogP contribution < -0.4 is 0 Å². The highest BCUT2D eigenvalue weighted by Gasteiger charge is 2.27. The van der Waals surface area contributed by atoms with Crippen LogP contribution in [0.2, 0.25) is 0 Å². The van der Waals surface area contributed by atoms with Crippen molar-refractivity contribution in [1.29, 1.82) is 0 Å². The van der Waals surface area contributed by atoms with Crippen molar-refractivity contribution in [3.8, 4) is 11.8 Å². The number of benzene rings is 1. The van der Waals surface area contributed by atoms with Gasteiger partial charge in [0.25, 0.3) is 0 Å². The molecular formula is C14H18FNO4S. The summed E-state index contributed by atoms with van der Waals surface area (Å²) < 4.78 is 39.4. The zero-order valence-corrected chi connectivity index (χ0v) is 12.7. The van der Waals surface area contributed by atoms with Crippen LogP contribution in [0.15, 0.2) is 23.1 Å². The van der Waals surface area contributed by atoms with Crippen molar-refractivity contribution in [2.45, 2.75) is 24.3 Å². The van der Waals surface area contributed by atoms with Gasteiger partial charge in [-0.15, -0.1) is 0 Å². The molecule has 0 heterocycles. The minimum atomic E-state index is -4.01. The maximum Gasteiger partial charge on any atom is 0.246 e.